The topological polar surface area (TPSA) is 52.0 Å². The highest BCUT2D eigenvalue weighted by atomic mass is 35.5. The molecule has 4 nitrogen and oxygen atoms in total. The summed E-state index contributed by atoms with van der Waals surface area (Å²) in [5.74, 6) is -0.0515. The van der Waals surface area contributed by atoms with Crippen LogP contribution in [0.3, 0.4) is 0 Å². The number of hydrogen-bond acceptors (Lipinski definition) is 4. The summed E-state index contributed by atoms with van der Waals surface area (Å²) >= 11 is 7.59. The first-order valence-corrected chi connectivity index (χ1v) is 12.7. The van der Waals surface area contributed by atoms with Crippen LogP contribution < -0.4 is 0 Å². The Labute approximate surface area is 191 Å². The Bertz CT molecular complexity index is 1210. The van der Waals surface area contributed by atoms with Gasteiger partial charge in [0, 0.05) is 33.8 Å². The van der Waals surface area contributed by atoms with Gasteiger partial charge in [-0.3, -0.25) is 0 Å². The van der Waals surface area contributed by atoms with Crippen molar-refractivity contribution in [1.82, 2.24) is 9.55 Å². The lowest BCUT2D eigenvalue weighted by Gasteiger charge is -2.19. The van der Waals surface area contributed by atoms with Gasteiger partial charge in [-0.2, -0.15) is 0 Å². The molecule has 1 aromatic heterocycles. The van der Waals surface area contributed by atoms with Crippen molar-refractivity contribution in [3.8, 4) is 0 Å². The van der Waals surface area contributed by atoms with E-state index >= 15 is 0 Å². The SMILES string of the molecule is O=S(=O)(Cc1ccc(Cl)cc1)C(Cn1ccnc1)c1ccc(Sc2ccccc2)cc1. The predicted molar refractivity (Wildman–Crippen MR) is 126 cm³/mol. The first-order valence-electron chi connectivity index (χ1n) is 9.74. The van der Waals surface area contributed by atoms with Crippen LogP contribution in [0.1, 0.15) is 16.4 Å². The molecule has 31 heavy (non-hydrogen) atoms. The molecule has 7 heteroatoms. The fraction of sp³-hybridized carbons (Fsp3) is 0.125. The van der Waals surface area contributed by atoms with Crippen molar-refractivity contribution in [3.63, 3.8) is 0 Å². The number of halogens is 1. The van der Waals surface area contributed by atoms with E-state index in [2.05, 4.69) is 17.1 Å². The van der Waals surface area contributed by atoms with Gasteiger partial charge in [0.15, 0.2) is 9.84 Å². The summed E-state index contributed by atoms with van der Waals surface area (Å²) in [6.45, 7) is 0.307. The molecule has 1 heterocycles. The highest BCUT2D eigenvalue weighted by molar-refractivity contribution is 7.99. The van der Waals surface area contributed by atoms with E-state index in [-0.39, 0.29) is 5.75 Å². The van der Waals surface area contributed by atoms with Crippen molar-refractivity contribution in [1.29, 1.82) is 0 Å². The zero-order chi connectivity index (χ0) is 21.7. The minimum Gasteiger partial charge on any atom is -0.336 e. The Morgan fingerprint density at radius 2 is 1.58 bits per heavy atom. The van der Waals surface area contributed by atoms with E-state index in [1.807, 2.05) is 42.5 Å². The predicted octanol–water partition coefficient (Wildman–Crippen LogP) is 6.04. The van der Waals surface area contributed by atoms with Gasteiger partial charge in [-0.1, -0.05) is 65.8 Å². The maximum Gasteiger partial charge on any atom is 0.163 e. The number of imidazole rings is 1. The van der Waals surface area contributed by atoms with Crippen LogP contribution in [-0.2, 0) is 22.1 Å². The van der Waals surface area contributed by atoms with Crippen molar-refractivity contribution in [3.05, 3.63) is 114 Å². The van der Waals surface area contributed by atoms with Crippen LogP contribution in [0.25, 0.3) is 0 Å². The van der Waals surface area contributed by atoms with Gasteiger partial charge in [-0.25, -0.2) is 13.4 Å². The second-order valence-corrected chi connectivity index (χ2v) is 10.9. The molecule has 0 aliphatic rings. The third-order valence-electron chi connectivity index (χ3n) is 4.88. The molecule has 158 valence electrons. The van der Waals surface area contributed by atoms with Crippen molar-refractivity contribution in [2.24, 2.45) is 0 Å². The van der Waals surface area contributed by atoms with E-state index in [0.717, 1.165) is 20.9 Å². The zero-order valence-corrected chi connectivity index (χ0v) is 19.0. The van der Waals surface area contributed by atoms with Gasteiger partial charge in [-0.15, -0.1) is 0 Å². The van der Waals surface area contributed by atoms with Crippen molar-refractivity contribution >= 4 is 33.2 Å². The van der Waals surface area contributed by atoms with E-state index in [1.165, 1.54) is 0 Å². The number of hydrogen-bond donors (Lipinski definition) is 0. The van der Waals surface area contributed by atoms with E-state index in [9.17, 15) is 8.42 Å². The van der Waals surface area contributed by atoms with Crippen LogP contribution in [0.4, 0.5) is 0 Å². The summed E-state index contributed by atoms with van der Waals surface area (Å²) in [7, 11) is -3.49. The molecular formula is C24H21ClN2O2S2. The van der Waals surface area contributed by atoms with Gasteiger partial charge in [0.05, 0.1) is 12.1 Å². The molecule has 0 spiro atoms. The Balaban J connectivity index is 1.60. The monoisotopic (exact) mass is 468 g/mol. The molecule has 0 bridgehead atoms. The van der Waals surface area contributed by atoms with Gasteiger partial charge >= 0.3 is 0 Å². The van der Waals surface area contributed by atoms with Crippen LogP contribution in [0.5, 0.6) is 0 Å². The molecule has 0 aliphatic heterocycles. The molecule has 1 atom stereocenters. The van der Waals surface area contributed by atoms with Crippen molar-refractivity contribution in [2.75, 3.05) is 0 Å². The Morgan fingerprint density at radius 3 is 2.23 bits per heavy atom. The van der Waals surface area contributed by atoms with Gasteiger partial charge in [0.2, 0.25) is 0 Å². The first kappa shape index (κ1) is 21.7. The fourth-order valence-electron chi connectivity index (χ4n) is 3.30. The average Bonchev–Trinajstić information content (AvgIpc) is 3.28. The first-order chi connectivity index (χ1) is 15.0. The lowest BCUT2D eigenvalue weighted by molar-refractivity contribution is 0.561. The van der Waals surface area contributed by atoms with Crippen LogP contribution in [0.2, 0.25) is 5.02 Å². The molecule has 0 saturated carbocycles. The number of sulfone groups is 1. The number of benzene rings is 3. The molecule has 0 saturated heterocycles. The van der Waals surface area contributed by atoms with Crippen molar-refractivity contribution in [2.45, 2.75) is 27.3 Å². The molecular weight excluding hydrogens is 448 g/mol. The molecule has 0 N–H and O–H groups in total. The molecule has 0 radical (unpaired) electrons. The normalized spacial score (nSPS) is 12.5. The number of rotatable bonds is 8. The van der Waals surface area contributed by atoms with E-state index in [4.69, 9.17) is 11.6 Å². The highest BCUT2D eigenvalue weighted by Gasteiger charge is 2.28. The molecule has 0 amide bonds. The summed E-state index contributed by atoms with van der Waals surface area (Å²) < 4.78 is 28.6. The average molecular weight is 469 g/mol. The van der Waals surface area contributed by atoms with E-state index < -0.39 is 15.1 Å². The van der Waals surface area contributed by atoms with Crippen LogP contribution in [0, 0.1) is 0 Å². The summed E-state index contributed by atoms with van der Waals surface area (Å²) in [6, 6.07) is 24.8. The quantitative estimate of drug-likeness (QED) is 0.316. The molecule has 0 fully saturated rings. The number of nitrogens with zero attached hydrogens (tertiary/aromatic N) is 2. The third-order valence-corrected chi connectivity index (χ3v) is 8.17. The summed E-state index contributed by atoms with van der Waals surface area (Å²) in [6.07, 6.45) is 5.08. The van der Waals surface area contributed by atoms with Gasteiger partial charge < -0.3 is 4.57 Å². The molecule has 1 unspecified atom stereocenters. The maximum absolute atomic E-state index is 13.4. The largest absolute Gasteiger partial charge is 0.336 e. The Kier molecular flexibility index (Phi) is 6.80. The smallest absolute Gasteiger partial charge is 0.163 e. The minimum absolute atomic E-state index is 0.0515. The van der Waals surface area contributed by atoms with Gasteiger partial charge in [0.1, 0.15) is 5.25 Å². The van der Waals surface area contributed by atoms with E-state index in [0.29, 0.717) is 11.6 Å². The van der Waals surface area contributed by atoms with Gasteiger partial charge in [0.25, 0.3) is 0 Å². The summed E-state index contributed by atoms with van der Waals surface area (Å²) in [5, 5.41) is -0.101. The van der Waals surface area contributed by atoms with Crippen LogP contribution >= 0.6 is 23.4 Å². The maximum atomic E-state index is 13.4. The third kappa shape index (κ3) is 5.79. The van der Waals surface area contributed by atoms with Crippen molar-refractivity contribution < 1.29 is 8.42 Å². The Hall–Kier alpha value is -2.54. The summed E-state index contributed by atoms with van der Waals surface area (Å²) in [4.78, 5) is 6.26. The Morgan fingerprint density at radius 1 is 0.903 bits per heavy atom. The van der Waals surface area contributed by atoms with Crippen LogP contribution in [-0.4, -0.2) is 18.0 Å². The number of aromatic nitrogens is 2. The standard InChI is InChI=1S/C24H21ClN2O2S2/c25-21-10-6-19(7-11-21)17-31(28,29)24(16-27-15-14-26-18-27)20-8-12-23(13-9-20)30-22-4-2-1-3-5-22/h1-15,18,24H,16-17H2. The van der Waals surface area contributed by atoms with E-state index in [1.54, 1.807) is 59.3 Å². The molecule has 4 rings (SSSR count). The minimum atomic E-state index is -3.49. The lowest BCUT2D eigenvalue weighted by atomic mass is 10.1. The lowest BCUT2D eigenvalue weighted by Crippen LogP contribution is -2.20. The van der Waals surface area contributed by atoms with Gasteiger partial charge in [-0.05, 0) is 47.5 Å². The molecule has 0 aliphatic carbocycles. The second-order valence-electron chi connectivity index (χ2n) is 7.17. The highest BCUT2D eigenvalue weighted by Crippen LogP contribution is 2.32. The molecule has 4 aromatic rings. The second kappa shape index (κ2) is 9.73. The zero-order valence-electron chi connectivity index (χ0n) is 16.6. The fourth-order valence-corrected chi connectivity index (χ4v) is 6.09. The molecule has 3 aromatic carbocycles. The summed E-state index contributed by atoms with van der Waals surface area (Å²) in [5.41, 5.74) is 1.48. The van der Waals surface area contributed by atoms with Crippen LogP contribution in [0.15, 0.2) is 107 Å².